The molecular weight excluding hydrogens is 273 g/mol. The van der Waals surface area contributed by atoms with Crippen molar-refractivity contribution in [3.05, 3.63) is 83.7 Å². The average molecular weight is 291 g/mol. The van der Waals surface area contributed by atoms with E-state index in [-0.39, 0.29) is 11.4 Å². The molecule has 1 fully saturated rings. The van der Waals surface area contributed by atoms with Gasteiger partial charge in [0.05, 0.1) is 0 Å². The van der Waals surface area contributed by atoms with Gasteiger partial charge in [-0.05, 0) is 46.9 Å². The van der Waals surface area contributed by atoms with E-state index in [0.717, 1.165) is 18.4 Å². The van der Waals surface area contributed by atoms with E-state index in [0.29, 0.717) is 5.92 Å². The Labute approximate surface area is 129 Å². The van der Waals surface area contributed by atoms with Gasteiger partial charge in [0, 0.05) is 11.5 Å². The molecule has 3 aromatic carbocycles. The Hall–Kier alpha value is -2.19. The van der Waals surface area contributed by atoms with E-state index in [2.05, 4.69) is 42.5 Å². The van der Waals surface area contributed by atoms with Crippen LogP contribution < -0.4 is 5.73 Å². The van der Waals surface area contributed by atoms with Gasteiger partial charge in [0.25, 0.3) is 0 Å². The summed E-state index contributed by atoms with van der Waals surface area (Å²) in [5.41, 5.74) is 8.76. The van der Waals surface area contributed by atoms with Crippen LogP contribution in [0.2, 0.25) is 0 Å². The fourth-order valence-electron chi connectivity index (χ4n) is 3.39. The quantitative estimate of drug-likeness (QED) is 0.760. The molecule has 1 nitrogen and oxygen atoms in total. The smallest absolute Gasteiger partial charge is 0.123 e. The summed E-state index contributed by atoms with van der Waals surface area (Å²) in [6, 6.07) is 21.7. The molecule has 22 heavy (non-hydrogen) atoms. The number of benzene rings is 3. The molecule has 2 heteroatoms. The van der Waals surface area contributed by atoms with Crippen molar-refractivity contribution in [3.8, 4) is 0 Å². The third-order valence-electron chi connectivity index (χ3n) is 4.74. The van der Waals surface area contributed by atoms with Gasteiger partial charge in [0.15, 0.2) is 0 Å². The number of fused-ring (bicyclic) bond motifs is 1. The van der Waals surface area contributed by atoms with Gasteiger partial charge in [0.2, 0.25) is 0 Å². The Balaban J connectivity index is 1.56. The molecule has 0 saturated heterocycles. The lowest BCUT2D eigenvalue weighted by Crippen LogP contribution is -2.27. The Kier molecular flexibility index (Phi) is 3.02. The number of rotatable bonds is 3. The van der Waals surface area contributed by atoms with E-state index in [1.54, 1.807) is 0 Å². The van der Waals surface area contributed by atoms with Crippen LogP contribution in [0.4, 0.5) is 4.39 Å². The highest BCUT2D eigenvalue weighted by molar-refractivity contribution is 5.83. The summed E-state index contributed by atoms with van der Waals surface area (Å²) in [4.78, 5) is 0. The zero-order valence-electron chi connectivity index (χ0n) is 12.3. The zero-order valence-corrected chi connectivity index (χ0v) is 12.3. The number of hydrogen-bond acceptors (Lipinski definition) is 1. The maximum atomic E-state index is 13.0. The summed E-state index contributed by atoms with van der Waals surface area (Å²) in [6.45, 7) is 0. The third kappa shape index (κ3) is 2.40. The molecule has 2 unspecified atom stereocenters. The van der Waals surface area contributed by atoms with Crippen molar-refractivity contribution in [2.75, 3.05) is 0 Å². The minimum Gasteiger partial charge on any atom is -0.324 e. The van der Waals surface area contributed by atoms with Crippen LogP contribution in [-0.4, -0.2) is 5.54 Å². The Morgan fingerprint density at radius 1 is 0.955 bits per heavy atom. The van der Waals surface area contributed by atoms with E-state index in [4.69, 9.17) is 5.73 Å². The fourth-order valence-corrected chi connectivity index (χ4v) is 3.39. The number of nitrogens with two attached hydrogens (primary N) is 1. The zero-order chi connectivity index (χ0) is 15.2. The van der Waals surface area contributed by atoms with Crippen LogP contribution in [0.15, 0.2) is 66.7 Å². The maximum Gasteiger partial charge on any atom is 0.123 e. The lowest BCUT2D eigenvalue weighted by atomic mass is 9.97. The highest BCUT2D eigenvalue weighted by Gasteiger charge is 2.51. The Bertz CT molecular complexity index is 824. The van der Waals surface area contributed by atoms with E-state index in [1.165, 1.54) is 28.5 Å². The molecule has 3 aromatic rings. The first-order valence-electron chi connectivity index (χ1n) is 7.66. The molecular formula is C20H18FN. The van der Waals surface area contributed by atoms with Crippen LogP contribution in [0.5, 0.6) is 0 Å². The van der Waals surface area contributed by atoms with Gasteiger partial charge in [0.1, 0.15) is 5.82 Å². The molecule has 2 atom stereocenters. The average Bonchev–Trinajstić information content (AvgIpc) is 3.19. The maximum absolute atomic E-state index is 13.0. The van der Waals surface area contributed by atoms with Gasteiger partial charge in [-0.25, -0.2) is 4.39 Å². The Morgan fingerprint density at radius 2 is 1.68 bits per heavy atom. The molecule has 1 aliphatic carbocycles. The van der Waals surface area contributed by atoms with Crippen LogP contribution in [0.3, 0.4) is 0 Å². The van der Waals surface area contributed by atoms with Gasteiger partial charge in [-0.3, -0.25) is 0 Å². The second kappa shape index (κ2) is 4.92. The number of hydrogen-bond donors (Lipinski definition) is 1. The highest BCUT2D eigenvalue weighted by atomic mass is 19.1. The molecule has 2 N–H and O–H groups in total. The van der Waals surface area contributed by atoms with E-state index in [1.807, 2.05) is 12.1 Å². The minimum absolute atomic E-state index is 0.193. The summed E-state index contributed by atoms with van der Waals surface area (Å²) in [6.07, 6.45) is 1.82. The molecule has 110 valence electrons. The van der Waals surface area contributed by atoms with Crippen LogP contribution in [0, 0.1) is 5.82 Å². The largest absolute Gasteiger partial charge is 0.324 e. The molecule has 1 saturated carbocycles. The summed E-state index contributed by atoms with van der Waals surface area (Å²) in [5.74, 6) is 0.140. The first-order valence-corrected chi connectivity index (χ1v) is 7.66. The topological polar surface area (TPSA) is 26.0 Å². The molecule has 0 spiro atoms. The van der Waals surface area contributed by atoms with Crippen LogP contribution in [0.25, 0.3) is 10.8 Å². The molecule has 0 radical (unpaired) electrons. The van der Waals surface area contributed by atoms with Crippen molar-refractivity contribution in [3.63, 3.8) is 0 Å². The standard InChI is InChI=1S/C20H18FN/c21-18-9-7-16(8-10-18)19-13-20(19,22)12-14-5-6-15-3-1-2-4-17(15)11-14/h1-11,19H,12-13,22H2. The molecule has 0 aromatic heterocycles. The third-order valence-corrected chi connectivity index (χ3v) is 4.74. The number of halogens is 1. The predicted molar refractivity (Wildman–Crippen MR) is 88.3 cm³/mol. The van der Waals surface area contributed by atoms with Crippen molar-refractivity contribution in [1.82, 2.24) is 0 Å². The summed E-state index contributed by atoms with van der Waals surface area (Å²) in [5, 5.41) is 2.51. The van der Waals surface area contributed by atoms with Gasteiger partial charge in [-0.2, -0.15) is 0 Å². The van der Waals surface area contributed by atoms with Crippen LogP contribution in [-0.2, 0) is 6.42 Å². The summed E-state index contributed by atoms with van der Waals surface area (Å²) in [7, 11) is 0. The minimum atomic E-state index is -0.194. The van der Waals surface area contributed by atoms with E-state index < -0.39 is 0 Å². The molecule has 0 bridgehead atoms. The van der Waals surface area contributed by atoms with Crippen molar-refractivity contribution in [2.45, 2.75) is 24.3 Å². The predicted octanol–water partition coefficient (Wildman–Crippen LogP) is 4.41. The second-order valence-electron chi connectivity index (χ2n) is 6.40. The van der Waals surface area contributed by atoms with Gasteiger partial charge < -0.3 is 5.73 Å². The SMILES string of the molecule is NC1(Cc2ccc3ccccc3c2)CC1c1ccc(F)cc1. The molecule has 0 aliphatic heterocycles. The first kappa shape index (κ1) is 13.5. The van der Waals surface area contributed by atoms with Crippen LogP contribution in [0.1, 0.15) is 23.5 Å². The van der Waals surface area contributed by atoms with Gasteiger partial charge >= 0.3 is 0 Å². The molecule has 0 amide bonds. The van der Waals surface area contributed by atoms with Crippen molar-refractivity contribution in [1.29, 1.82) is 0 Å². The fraction of sp³-hybridized carbons (Fsp3) is 0.200. The highest BCUT2D eigenvalue weighted by Crippen LogP contribution is 2.51. The second-order valence-corrected chi connectivity index (χ2v) is 6.40. The lowest BCUT2D eigenvalue weighted by molar-refractivity contribution is 0.623. The van der Waals surface area contributed by atoms with E-state index >= 15 is 0 Å². The first-order chi connectivity index (χ1) is 10.6. The van der Waals surface area contributed by atoms with Crippen molar-refractivity contribution < 1.29 is 4.39 Å². The van der Waals surface area contributed by atoms with Crippen molar-refractivity contribution in [2.24, 2.45) is 5.73 Å². The lowest BCUT2D eigenvalue weighted by Gasteiger charge is -2.13. The van der Waals surface area contributed by atoms with Crippen molar-refractivity contribution >= 4 is 10.8 Å². The normalized spacial score (nSPS) is 23.6. The Morgan fingerprint density at radius 3 is 2.45 bits per heavy atom. The van der Waals surface area contributed by atoms with E-state index in [9.17, 15) is 4.39 Å². The monoisotopic (exact) mass is 291 g/mol. The summed E-state index contributed by atoms with van der Waals surface area (Å²) >= 11 is 0. The van der Waals surface area contributed by atoms with Crippen LogP contribution >= 0.6 is 0 Å². The molecule has 4 rings (SSSR count). The summed E-state index contributed by atoms with van der Waals surface area (Å²) < 4.78 is 13.0. The van der Waals surface area contributed by atoms with Gasteiger partial charge in [-0.15, -0.1) is 0 Å². The molecule has 1 aliphatic rings. The molecule has 0 heterocycles. The van der Waals surface area contributed by atoms with Gasteiger partial charge in [-0.1, -0.05) is 54.6 Å².